The molecule has 1 atom stereocenters. The summed E-state index contributed by atoms with van der Waals surface area (Å²) < 4.78 is 5.29. The minimum absolute atomic E-state index is 0.0497. The van der Waals surface area contributed by atoms with Crippen LogP contribution >= 0.6 is 0 Å². The van der Waals surface area contributed by atoms with Crippen LogP contribution in [0.1, 0.15) is 72.6 Å². The number of benzene rings is 1. The number of rotatable bonds is 4. The zero-order valence-electron chi connectivity index (χ0n) is 15.5. The summed E-state index contributed by atoms with van der Waals surface area (Å²) in [6.07, 6.45) is 4.57. The standard InChI is InChI=1S/C20H25N3O3/c1-13(2)18-17(21-12-26-18)19(24)22-16-9-7-15(8-10-16)20(25)23-11-5-4-6-14(23)3/h7-10,12-14H,4-6,11H2,1-3H3,(H,22,24). The van der Waals surface area contributed by atoms with Gasteiger partial charge in [0.05, 0.1) is 0 Å². The first-order chi connectivity index (χ1) is 12.5. The lowest BCUT2D eigenvalue weighted by Crippen LogP contribution is -2.42. The smallest absolute Gasteiger partial charge is 0.277 e. The van der Waals surface area contributed by atoms with Gasteiger partial charge in [-0.15, -0.1) is 0 Å². The van der Waals surface area contributed by atoms with E-state index < -0.39 is 0 Å². The molecule has 2 amide bonds. The van der Waals surface area contributed by atoms with Gasteiger partial charge in [-0.05, 0) is 50.5 Å². The fourth-order valence-corrected chi connectivity index (χ4v) is 3.29. The van der Waals surface area contributed by atoms with Gasteiger partial charge in [-0.3, -0.25) is 9.59 Å². The summed E-state index contributed by atoms with van der Waals surface area (Å²) in [6, 6.07) is 7.28. The minimum atomic E-state index is -0.314. The number of aromatic nitrogens is 1. The Morgan fingerprint density at radius 1 is 1.23 bits per heavy atom. The van der Waals surface area contributed by atoms with Crippen LogP contribution in [0, 0.1) is 0 Å². The van der Waals surface area contributed by atoms with Crippen molar-refractivity contribution in [2.45, 2.75) is 52.0 Å². The van der Waals surface area contributed by atoms with Gasteiger partial charge in [0, 0.05) is 29.8 Å². The SMILES string of the molecule is CC(C)c1ocnc1C(=O)Nc1ccc(C(=O)N2CCCCC2C)cc1. The number of carbonyl (C=O) groups is 2. The Morgan fingerprint density at radius 3 is 2.62 bits per heavy atom. The summed E-state index contributed by atoms with van der Waals surface area (Å²) in [6.45, 7) is 6.79. The molecule has 1 aromatic carbocycles. The maximum absolute atomic E-state index is 12.7. The average molecular weight is 355 g/mol. The van der Waals surface area contributed by atoms with Gasteiger partial charge in [-0.2, -0.15) is 0 Å². The molecule has 0 saturated carbocycles. The third kappa shape index (κ3) is 3.79. The van der Waals surface area contributed by atoms with Crippen LogP contribution in [-0.4, -0.2) is 34.3 Å². The van der Waals surface area contributed by atoms with E-state index in [-0.39, 0.29) is 23.8 Å². The molecule has 2 aromatic rings. The van der Waals surface area contributed by atoms with Crippen LogP contribution in [0.3, 0.4) is 0 Å². The summed E-state index contributed by atoms with van der Waals surface area (Å²) in [5.41, 5.74) is 1.55. The Bertz CT molecular complexity index is 780. The average Bonchev–Trinajstić information content (AvgIpc) is 3.12. The third-order valence-electron chi connectivity index (χ3n) is 4.79. The lowest BCUT2D eigenvalue weighted by Gasteiger charge is -2.33. The van der Waals surface area contributed by atoms with Crippen molar-refractivity contribution in [2.75, 3.05) is 11.9 Å². The quantitative estimate of drug-likeness (QED) is 0.897. The van der Waals surface area contributed by atoms with E-state index >= 15 is 0 Å². The largest absolute Gasteiger partial charge is 0.447 e. The summed E-state index contributed by atoms with van der Waals surface area (Å²) in [7, 11) is 0. The summed E-state index contributed by atoms with van der Waals surface area (Å²) in [5, 5.41) is 2.81. The molecule has 1 saturated heterocycles. The van der Waals surface area contributed by atoms with Crippen LogP contribution in [-0.2, 0) is 0 Å². The number of carbonyl (C=O) groups excluding carboxylic acids is 2. The molecule has 1 fully saturated rings. The molecule has 1 aliphatic rings. The van der Waals surface area contributed by atoms with Crippen molar-refractivity contribution in [2.24, 2.45) is 0 Å². The van der Waals surface area contributed by atoms with Crippen molar-refractivity contribution < 1.29 is 14.0 Å². The van der Waals surface area contributed by atoms with E-state index in [0.717, 1.165) is 19.4 Å². The predicted molar refractivity (Wildman–Crippen MR) is 99.3 cm³/mol. The van der Waals surface area contributed by atoms with Crippen LogP contribution in [0.25, 0.3) is 0 Å². The molecule has 0 aliphatic carbocycles. The lowest BCUT2D eigenvalue weighted by molar-refractivity contribution is 0.0635. The molecule has 0 bridgehead atoms. The van der Waals surface area contributed by atoms with Gasteiger partial charge in [0.2, 0.25) is 0 Å². The second-order valence-electron chi connectivity index (χ2n) is 7.09. The third-order valence-corrected chi connectivity index (χ3v) is 4.79. The number of amides is 2. The Kier molecular flexibility index (Phi) is 5.40. The first-order valence-corrected chi connectivity index (χ1v) is 9.13. The molecule has 6 heteroatoms. The molecule has 0 radical (unpaired) electrons. The number of hydrogen-bond donors (Lipinski definition) is 1. The van der Waals surface area contributed by atoms with Crippen LogP contribution < -0.4 is 5.32 Å². The first-order valence-electron chi connectivity index (χ1n) is 9.13. The highest BCUT2D eigenvalue weighted by atomic mass is 16.3. The van der Waals surface area contributed by atoms with Crippen LogP contribution in [0.4, 0.5) is 5.69 Å². The lowest BCUT2D eigenvalue weighted by atomic mass is 10.0. The number of likely N-dealkylation sites (tertiary alicyclic amines) is 1. The van der Waals surface area contributed by atoms with Crippen molar-refractivity contribution in [1.29, 1.82) is 0 Å². The number of nitrogens with zero attached hydrogens (tertiary/aromatic N) is 2. The van der Waals surface area contributed by atoms with Crippen molar-refractivity contribution in [3.63, 3.8) is 0 Å². The summed E-state index contributed by atoms with van der Waals surface area (Å²) in [5.74, 6) is 0.373. The van der Waals surface area contributed by atoms with E-state index in [4.69, 9.17) is 4.42 Å². The molecular weight excluding hydrogens is 330 g/mol. The number of hydrogen-bond acceptors (Lipinski definition) is 4. The van der Waals surface area contributed by atoms with E-state index in [1.54, 1.807) is 24.3 Å². The molecule has 6 nitrogen and oxygen atoms in total. The molecule has 0 spiro atoms. The molecule has 1 unspecified atom stereocenters. The molecule has 1 aliphatic heterocycles. The number of nitrogens with one attached hydrogen (secondary N) is 1. The minimum Gasteiger partial charge on any atom is -0.447 e. The highest BCUT2D eigenvalue weighted by molar-refractivity contribution is 6.04. The van der Waals surface area contributed by atoms with Crippen LogP contribution in [0.5, 0.6) is 0 Å². The summed E-state index contributed by atoms with van der Waals surface area (Å²) >= 11 is 0. The Hall–Kier alpha value is -2.63. The fourth-order valence-electron chi connectivity index (χ4n) is 3.29. The maximum Gasteiger partial charge on any atom is 0.277 e. The second kappa shape index (κ2) is 7.72. The van der Waals surface area contributed by atoms with E-state index in [1.165, 1.54) is 12.8 Å². The Morgan fingerprint density at radius 2 is 1.96 bits per heavy atom. The summed E-state index contributed by atoms with van der Waals surface area (Å²) in [4.78, 5) is 31.0. The van der Waals surface area contributed by atoms with Crippen molar-refractivity contribution in [3.8, 4) is 0 Å². The van der Waals surface area contributed by atoms with Gasteiger partial charge in [0.1, 0.15) is 5.76 Å². The van der Waals surface area contributed by atoms with Crippen LogP contribution in [0.2, 0.25) is 0 Å². The Labute approximate surface area is 153 Å². The van der Waals surface area contributed by atoms with Gasteiger partial charge in [-0.25, -0.2) is 4.98 Å². The normalized spacial score (nSPS) is 17.4. The number of oxazole rings is 1. The highest BCUT2D eigenvalue weighted by Crippen LogP contribution is 2.22. The molecular formula is C20H25N3O3. The van der Waals surface area contributed by atoms with Gasteiger partial charge >= 0.3 is 0 Å². The number of piperidine rings is 1. The van der Waals surface area contributed by atoms with E-state index in [9.17, 15) is 9.59 Å². The fraction of sp³-hybridized carbons (Fsp3) is 0.450. The van der Waals surface area contributed by atoms with Crippen molar-refractivity contribution in [3.05, 3.63) is 47.7 Å². The highest BCUT2D eigenvalue weighted by Gasteiger charge is 2.24. The zero-order valence-corrected chi connectivity index (χ0v) is 15.5. The van der Waals surface area contributed by atoms with Gasteiger partial charge in [0.15, 0.2) is 12.1 Å². The van der Waals surface area contributed by atoms with Crippen molar-refractivity contribution in [1.82, 2.24) is 9.88 Å². The van der Waals surface area contributed by atoms with E-state index in [0.29, 0.717) is 22.7 Å². The predicted octanol–water partition coefficient (Wildman–Crippen LogP) is 4.06. The van der Waals surface area contributed by atoms with Gasteiger partial charge < -0.3 is 14.6 Å². The van der Waals surface area contributed by atoms with Crippen molar-refractivity contribution >= 4 is 17.5 Å². The van der Waals surface area contributed by atoms with E-state index in [1.807, 2.05) is 18.7 Å². The first kappa shape index (κ1) is 18.2. The Balaban J connectivity index is 1.68. The molecule has 138 valence electrons. The van der Waals surface area contributed by atoms with E-state index in [2.05, 4.69) is 17.2 Å². The topological polar surface area (TPSA) is 75.4 Å². The second-order valence-corrected chi connectivity index (χ2v) is 7.09. The molecule has 1 aromatic heterocycles. The molecule has 26 heavy (non-hydrogen) atoms. The molecule has 1 N–H and O–H groups in total. The van der Waals surface area contributed by atoms with Gasteiger partial charge in [-0.1, -0.05) is 13.8 Å². The maximum atomic E-state index is 12.7. The molecule has 3 rings (SSSR count). The van der Waals surface area contributed by atoms with Gasteiger partial charge in [0.25, 0.3) is 11.8 Å². The number of anilines is 1. The molecule has 2 heterocycles. The monoisotopic (exact) mass is 355 g/mol. The van der Waals surface area contributed by atoms with Crippen LogP contribution in [0.15, 0.2) is 35.1 Å². The zero-order chi connectivity index (χ0) is 18.7.